The molecule has 1 atom stereocenters. The number of rotatable bonds is 5. The van der Waals surface area contributed by atoms with Crippen molar-refractivity contribution in [3.8, 4) is 0 Å². The highest BCUT2D eigenvalue weighted by Gasteiger charge is 2.33. The molecule has 4 rings (SSSR count). The Morgan fingerprint density at radius 2 is 2.12 bits per heavy atom. The first-order chi connectivity index (χ1) is 12.2. The second-order valence-corrected chi connectivity index (χ2v) is 7.25. The molecule has 0 bridgehead atoms. The summed E-state index contributed by atoms with van der Waals surface area (Å²) in [6.07, 6.45) is 6.79. The van der Waals surface area contributed by atoms with Gasteiger partial charge in [0, 0.05) is 19.3 Å². The topological polar surface area (TPSA) is 58.1 Å². The third-order valence-corrected chi connectivity index (χ3v) is 5.17. The summed E-state index contributed by atoms with van der Waals surface area (Å²) in [6, 6.07) is 8.68. The molecule has 5 nitrogen and oxygen atoms in total. The lowest BCUT2D eigenvalue weighted by molar-refractivity contribution is -0.123. The van der Waals surface area contributed by atoms with E-state index in [1.807, 2.05) is 6.20 Å². The van der Waals surface area contributed by atoms with Gasteiger partial charge in [0.2, 0.25) is 5.91 Å². The van der Waals surface area contributed by atoms with Crippen LogP contribution >= 0.6 is 0 Å². The fourth-order valence-corrected chi connectivity index (χ4v) is 3.54. The molecule has 1 amide bonds. The molecule has 2 heterocycles. The fourth-order valence-electron chi connectivity index (χ4n) is 3.54. The predicted molar refractivity (Wildman–Crippen MR) is 95.8 cm³/mol. The van der Waals surface area contributed by atoms with Crippen molar-refractivity contribution in [3.63, 3.8) is 0 Å². The number of aromatic nitrogens is 2. The fraction of sp³-hybridized carbons (Fsp3) is 0.450. The molecule has 1 fully saturated rings. The van der Waals surface area contributed by atoms with Crippen molar-refractivity contribution < 1.29 is 4.79 Å². The molecule has 1 aliphatic carbocycles. The number of amides is 1. The first-order valence-corrected chi connectivity index (χ1v) is 9.05. The standard InChI is InChI=1S/C20H24N4O/c1-14-2-4-15(5-3-14)20(16-6-7-16)23-19(25)12-24-9-8-17-10-21-13-22-18(17)11-24/h2-5,10,13,16,20H,6-9,11-12H2,1H3,(H,23,25)/t20-/m0/s1. The second-order valence-electron chi connectivity index (χ2n) is 7.25. The highest BCUT2D eigenvalue weighted by molar-refractivity contribution is 5.78. The van der Waals surface area contributed by atoms with Crippen LogP contribution in [0.25, 0.3) is 0 Å². The molecule has 25 heavy (non-hydrogen) atoms. The van der Waals surface area contributed by atoms with Crippen LogP contribution in [0.2, 0.25) is 0 Å². The number of aryl methyl sites for hydroxylation is 1. The Hall–Kier alpha value is -2.27. The van der Waals surface area contributed by atoms with Crippen molar-refractivity contribution in [1.29, 1.82) is 0 Å². The molecule has 0 spiro atoms. The van der Waals surface area contributed by atoms with Gasteiger partial charge in [-0.15, -0.1) is 0 Å². The summed E-state index contributed by atoms with van der Waals surface area (Å²) in [7, 11) is 0. The van der Waals surface area contributed by atoms with Crippen molar-refractivity contribution in [3.05, 3.63) is 59.2 Å². The van der Waals surface area contributed by atoms with Crippen LogP contribution in [-0.4, -0.2) is 33.9 Å². The van der Waals surface area contributed by atoms with Crippen LogP contribution in [0, 0.1) is 12.8 Å². The van der Waals surface area contributed by atoms with Crippen LogP contribution in [0.15, 0.2) is 36.8 Å². The van der Waals surface area contributed by atoms with E-state index in [4.69, 9.17) is 0 Å². The number of fused-ring (bicyclic) bond motifs is 1. The number of nitrogens with zero attached hydrogens (tertiary/aromatic N) is 3. The number of carbonyl (C=O) groups is 1. The summed E-state index contributed by atoms with van der Waals surface area (Å²) >= 11 is 0. The Kier molecular flexibility index (Phi) is 4.49. The van der Waals surface area contributed by atoms with Crippen molar-refractivity contribution in [2.24, 2.45) is 5.92 Å². The number of carbonyl (C=O) groups excluding carboxylic acids is 1. The largest absolute Gasteiger partial charge is 0.348 e. The van der Waals surface area contributed by atoms with Gasteiger partial charge in [-0.1, -0.05) is 29.8 Å². The van der Waals surface area contributed by atoms with Crippen LogP contribution in [0.5, 0.6) is 0 Å². The lowest BCUT2D eigenvalue weighted by Crippen LogP contribution is -2.41. The molecule has 2 aliphatic rings. The third-order valence-electron chi connectivity index (χ3n) is 5.17. The quantitative estimate of drug-likeness (QED) is 0.911. The van der Waals surface area contributed by atoms with E-state index in [0.717, 1.165) is 25.2 Å². The van der Waals surface area contributed by atoms with Gasteiger partial charge >= 0.3 is 0 Å². The summed E-state index contributed by atoms with van der Waals surface area (Å²) in [5.41, 5.74) is 4.72. The van der Waals surface area contributed by atoms with Crippen LogP contribution in [0.1, 0.15) is 41.3 Å². The maximum atomic E-state index is 12.6. The normalized spacial score (nSPS) is 18.4. The zero-order valence-electron chi connectivity index (χ0n) is 14.6. The van der Waals surface area contributed by atoms with Gasteiger partial charge in [-0.25, -0.2) is 9.97 Å². The Morgan fingerprint density at radius 1 is 1.32 bits per heavy atom. The van der Waals surface area contributed by atoms with Crippen molar-refractivity contribution in [2.45, 2.75) is 38.8 Å². The van der Waals surface area contributed by atoms with Gasteiger partial charge in [0.1, 0.15) is 6.33 Å². The summed E-state index contributed by atoms with van der Waals surface area (Å²) in [5, 5.41) is 3.27. The Labute approximate surface area is 148 Å². The Bertz CT molecular complexity index is 755. The van der Waals surface area contributed by atoms with Crippen molar-refractivity contribution >= 4 is 5.91 Å². The summed E-state index contributed by atoms with van der Waals surface area (Å²) < 4.78 is 0. The molecule has 130 valence electrons. The number of benzene rings is 1. The lowest BCUT2D eigenvalue weighted by atomic mass is 10.0. The molecule has 1 saturated carbocycles. The zero-order chi connectivity index (χ0) is 17.2. The first-order valence-electron chi connectivity index (χ1n) is 9.05. The van der Waals surface area contributed by atoms with E-state index in [1.54, 1.807) is 6.33 Å². The molecule has 0 unspecified atom stereocenters. The van der Waals surface area contributed by atoms with E-state index in [9.17, 15) is 4.79 Å². The van der Waals surface area contributed by atoms with Crippen molar-refractivity contribution in [2.75, 3.05) is 13.1 Å². The number of hydrogen-bond donors (Lipinski definition) is 1. The zero-order valence-corrected chi connectivity index (χ0v) is 14.6. The van der Waals surface area contributed by atoms with E-state index >= 15 is 0 Å². The van der Waals surface area contributed by atoms with Gasteiger partial charge in [-0.2, -0.15) is 0 Å². The van der Waals surface area contributed by atoms with Gasteiger partial charge < -0.3 is 5.32 Å². The van der Waals surface area contributed by atoms with Gasteiger partial charge in [0.25, 0.3) is 0 Å². The van der Waals surface area contributed by atoms with E-state index < -0.39 is 0 Å². The Balaban J connectivity index is 1.38. The smallest absolute Gasteiger partial charge is 0.234 e. The summed E-state index contributed by atoms with van der Waals surface area (Å²) in [5.74, 6) is 0.691. The Morgan fingerprint density at radius 3 is 2.88 bits per heavy atom. The van der Waals surface area contributed by atoms with Gasteiger partial charge in [-0.3, -0.25) is 9.69 Å². The molecule has 1 aliphatic heterocycles. The maximum absolute atomic E-state index is 12.6. The minimum Gasteiger partial charge on any atom is -0.348 e. The monoisotopic (exact) mass is 336 g/mol. The molecule has 1 N–H and O–H groups in total. The first kappa shape index (κ1) is 16.2. The van der Waals surface area contributed by atoms with Gasteiger partial charge in [0.05, 0.1) is 18.3 Å². The molecule has 0 saturated heterocycles. The van der Waals surface area contributed by atoms with Crippen LogP contribution in [0.4, 0.5) is 0 Å². The lowest BCUT2D eigenvalue weighted by Gasteiger charge is -2.28. The molecule has 0 radical (unpaired) electrons. The molecule has 5 heteroatoms. The molecular formula is C20H24N4O. The summed E-state index contributed by atoms with van der Waals surface area (Å²) in [4.78, 5) is 23.2. The molecule has 1 aromatic carbocycles. The van der Waals surface area contributed by atoms with E-state index in [-0.39, 0.29) is 11.9 Å². The van der Waals surface area contributed by atoms with Crippen LogP contribution in [-0.2, 0) is 17.8 Å². The van der Waals surface area contributed by atoms with Crippen molar-refractivity contribution in [1.82, 2.24) is 20.2 Å². The van der Waals surface area contributed by atoms with E-state index in [0.29, 0.717) is 12.5 Å². The predicted octanol–water partition coefficient (Wildman–Crippen LogP) is 2.41. The molecular weight excluding hydrogens is 312 g/mol. The van der Waals surface area contributed by atoms with Gasteiger partial charge in [0.15, 0.2) is 0 Å². The van der Waals surface area contributed by atoms with Gasteiger partial charge in [-0.05, 0) is 43.2 Å². The number of nitrogens with one attached hydrogen (secondary N) is 1. The summed E-state index contributed by atoms with van der Waals surface area (Å²) in [6.45, 7) is 4.13. The van der Waals surface area contributed by atoms with E-state index in [2.05, 4.69) is 51.4 Å². The third kappa shape index (κ3) is 3.87. The molecule has 1 aromatic heterocycles. The van der Waals surface area contributed by atoms with E-state index in [1.165, 1.54) is 29.5 Å². The highest BCUT2D eigenvalue weighted by Crippen LogP contribution is 2.41. The minimum atomic E-state index is 0.106. The second kappa shape index (κ2) is 6.92. The number of hydrogen-bond acceptors (Lipinski definition) is 4. The minimum absolute atomic E-state index is 0.106. The van der Waals surface area contributed by atoms with Crippen LogP contribution < -0.4 is 5.32 Å². The highest BCUT2D eigenvalue weighted by atomic mass is 16.2. The average Bonchev–Trinajstić information content (AvgIpc) is 3.45. The van der Waals surface area contributed by atoms with Crippen LogP contribution in [0.3, 0.4) is 0 Å². The average molecular weight is 336 g/mol. The SMILES string of the molecule is Cc1ccc([C@H](NC(=O)CN2CCc3cncnc3C2)C2CC2)cc1. The molecule has 2 aromatic rings. The maximum Gasteiger partial charge on any atom is 0.234 e.